The minimum absolute atomic E-state index is 0.0107. The number of carbonyl (C=O) groups is 2. The number of benzene rings is 1. The predicted octanol–water partition coefficient (Wildman–Crippen LogP) is 1.65. The van der Waals surface area contributed by atoms with Gasteiger partial charge in [-0.2, -0.15) is 0 Å². The lowest BCUT2D eigenvalue weighted by atomic mass is 10.1. The van der Waals surface area contributed by atoms with Crippen LogP contribution < -0.4 is 5.32 Å². The van der Waals surface area contributed by atoms with Crippen LogP contribution in [0.25, 0.3) is 0 Å². The summed E-state index contributed by atoms with van der Waals surface area (Å²) >= 11 is 5.79. The van der Waals surface area contributed by atoms with Crippen molar-refractivity contribution < 1.29 is 22.7 Å². The molecule has 120 valence electrons. The molecule has 0 aliphatic carbocycles. The van der Waals surface area contributed by atoms with Crippen molar-refractivity contribution in [3.8, 4) is 0 Å². The molecule has 1 heterocycles. The Morgan fingerprint density at radius 1 is 1.36 bits per heavy atom. The van der Waals surface area contributed by atoms with Crippen molar-refractivity contribution in [1.29, 1.82) is 0 Å². The predicted molar refractivity (Wildman–Crippen MR) is 82.4 cm³/mol. The molecule has 1 N–H and O–H groups in total. The summed E-state index contributed by atoms with van der Waals surface area (Å²) in [5.41, 5.74) is 0.510. The number of rotatable bonds is 5. The average molecular weight is 346 g/mol. The molecule has 0 spiro atoms. The molecular weight excluding hydrogens is 330 g/mol. The number of halogens is 1. The second kappa shape index (κ2) is 7.11. The summed E-state index contributed by atoms with van der Waals surface area (Å²) in [6.07, 6.45) is 0.482. The molecule has 1 aromatic carbocycles. The zero-order valence-electron chi connectivity index (χ0n) is 11.7. The minimum Gasteiger partial charge on any atom is -0.456 e. The van der Waals surface area contributed by atoms with Gasteiger partial charge in [0.1, 0.15) is 0 Å². The standard InChI is InChI=1S/C14H16ClNO5S/c15-11-2-1-3-12(7-11)16-13(17)8-21-14(18)6-10-4-5-22(19,20)9-10/h1-3,7,10H,4-6,8-9H2,(H,16,17). The van der Waals surface area contributed by atoms with Crippen molar-refractivity contribution in [2.45, 2.75) is 12.8 Å². The van der Waals surface area contributed by atoms with E-state index in [1.165, 1.54) is 0 Å². The smallest absolute Gasteiger partial charge is 0.306 e. The van der Waals surface area contributed by atoms with Crippen LogP contribution >= 0.6 is 11.6 Å². The molecule has 0 aromatic heterocycles. The molecule has 1 saturated heterocycles. The molecule has 0 bridgehead atoms. The fourth-order valence-electron chi connectivity index (χ4n) is 2.24. The molecule has 22 heavy (non-hydrogen) atoms. The van der Waals surface area contributed by atoms with Gasteiger partial charge in [0.15, 0.2) is 16.4 Å². The summed E-state index contributed by atoms with van der Waals surface area (Å²) in [4.78, 5) is 23.2. The number of esters is 1. The van der Waals surface area contributed by atoms with Gasteiger partial charge in [-0.1, -0.05) is 17.7 Å². The van der Waals surface area contributed by atoms with Crippen molar-refractivity contribution in [3.63, 3.8) is 0 Å². The molecule has 1 amide bonds. The minimum atomic E-state index is -3.02. The zero-order valence-corrected chi connectivity index (χ0v) is 13.3. The van der Waals surface area contributed by atoms with Crippen LogP contribution in [0.15, 0.2) is 24.3 Å². The molecule has 1 aliphatic heterocycles. The lowest BCUT2D eigenvalue weighted by Gasteiger charge is -2.09. The van der Waals surface area contributed by atoms with Gasteiger partial charge in [-0.05, 0) is 30.5 Å². The first-order chi connectivity index (χ1) is 10.3. The monoisotopic (exact) mass is 345 g/mol. The lowest BCUT2D eigenvalue weighted by molar-refractivity contribution is -0.148. The third kappa shape index (κ3) is 5.31. The van der Waals surface area contributed by atoms with E-state index in [-0.39, 0.29) is 23.8 Å². The van der Waals surface area contributed by atoms with Crippen LogP contribution in [-0.2, 0) is 24.2 Å². The van der Waals surface area contributed by atoms with Crippen LogP contribution in [0.2, 0.25) is 5.02 Å². The number of anilines is 1. The van der Waals surface area contributed by atoms with E-state index in [0.717, 1.165) is 0 Å². The summed E-state index contributed by atoms with van der Waals surface area (Å²) in [7, 11) is -3.02. The number of sulfone groups is 1. The summed E-state index contributed by atoms with van der Waals surface area (Å²) in [5.74, 6) is -1.14. The molecule has 0 saturated carbocycles. The Morgan fingerprint density at radius 2 is 2.14 bits per heavy atom. The van der Waals surface area contributed by atoms with Crippen molar-refractivity contribution >= 4 is 39.0 Å². The Labute approximate surface area is 133 Å². The Kier molecular flexibility index (Phi) is 5.42. The molecule has 0 radical (unpaired) electrons. The number of amides is 1. The van der Waals surface area contributed by atoms with E-state index in [2.05, 4.69) is 5.32 Å². The van der Waals surface area contributed by atoms with Crippen LogP contribution in [0.4, 0.5) is 5.69 Å². The van der Waals surface area contributed by atoms with Crippen LogP contribution in [0.5, 0.6) is 0 Å². The van der Waals surface area contributed by atoms with Crippen LogP contribution in [-0.4, -0.2) is 38.4 Å². The number of hydrogen-bond donors (Lipinski definition) is 1. The number of hydrogen-bond acceptors (Lipinski definition) is 5. The van der Waals surface area contributed by atoms with E-state index in [0.29, 0.717) is 17.1 Å². The van der Waals surface area contributed by atoms with Gasteiger partial charge in [0, 0.05) is 17.1 Å². The quantitative estimate of drug-likeness (QED) is 0.819. The Hall–Kier alpha value is -1.60. The lowest BCUT2D eigenvalue weighted by Crippen LogP contribution is -2.22. The van der Waals surface area contributed by atoms with E-state index in [1.54, 1.807) is 24.3 Å². The van der Waals surface area contributed by atoms with E-state index >= 15 is 0 Å². The number of nitrogens with one attached hydrogen (secondary N) is 1. The highest BCUT2D eigenvalue weighted by Gasteiger charge is 2.29. The van der Waals surface area contributed by atoms with Gasteiger partial charge in [-0.15, -0.1) is 0 Å². The Bertz CT molecular complexity index is 674. The molecule has 1 unspecified atom stereocenters. The second-order valence-electron chi connectivity index (χ2n) is 5.19. The third-order valence-corrected chi connectivity index (χ3v) is 5.33. The van der Waals surface area contributed by atoms with E-state index in [1.807, 2.05) is 0 Å². The van der Waals surface area contributed by atoms with Gasteiger partial charge in [0.05, 0.1) is 11.5 Å². The van der Waals surface area contributed by atoms with Gasteiger partial charge < -0.3 is 10.1 Å². The summed E-state index contributed by atoms with van der Waals surface area (Å²) < 4.78 is 27.4. The normalized spacial score (nSPS) is 19.6. The fraction of sp³-hybridized carbons (Fsp3) is 0.429. The highest BCUT2D eigenvalue weighted by molar-refractivity contribution is 7.91. The summed E-state index contributed by atoms with van der Waals surface area (Å²) in [6, 6.07) is 6.59. The third-order valence-electron chi connectivity index (χ3n) is 3.25. The van der Waals surface area contributed by atoms with Crippen molar-refractivity contribution in [1.82, 2.24) is 0 Å². The van der Waals surface area contributed by atoms with Crippen LogP contribution in [0, 0.1) is 5.92 Å². The van der Waals surface area contributed by atoms with Crippen LogP contribution in [0.1, 0.15) is 12.8 Å². The molecule has 8 heteroatoms. The molecule has 1 fully saturated rings. The average Bonchev–Trinajstić information content (AvgIpc) is 2.75. The first-order valence-electron chi connectivity index (χ1n) is 6.75. The van der Waals surface area contributed by atoms with Crippen LogP contribution in [0.3, 0.4) is 0 Å². The number of ether oxygens (including phenoxy) is 1. The largest absolute Gasteiger partial charge is 0.456 e. The summed E-state index contributed by atoms with van der Waals surface area (Å²) in [5, 5.41) is 3.03. The Balaban J connectivity index is 1.73. The highest BCUT2D eigenvalue weighted by atomic mass is 35.5. The van der Waals surface area contributed by atoms with Gasteiger partial charge in [0.2, 0.25) is 0 Å². The fourth-order valence-corrected chi connectivity index (χ4v) is 4.29. The Morgan fingerprint density at radius 3 is 2.77 bits per heavy atom. The molecule has 2 rings (SSSR count). The van der Waals surface area contributed by atoms with E-state index in [9.17, 15) is 18.0 Å². The zero-order chi connectivity index (χ0) is 16.2. The van der Waals surface area contributed by atoms with Crippen molar-refractivity contribution in [3.05, 3.63) is 29.3 Å². The van der Waals surface area contributed by atoms with Crippen molar-refractivity contribution in [2.75, 3.05) is 23.4 Å². The maximum atomic E-state index is 11.6. The topological polar surface area (TPSA) is 89.5 Å². The SMILES string of the molecule is O=C(COC(=O)CC1CCS(=O)(=O)C1)Nc1cccc(Cl)c1. The maximum absolute atomic E-state index is 11.6. The molecule has 6 nitrogen and oxygen atoms in total. The molecular formula is C14H16ClNO5S. The second-order valence-corrected chi connectivity index (χ2v) is 7.86. The number of carbonyl (C=O) groups excluding carboxylic acids is 2. The van der Waals surface area contributed by atoms with Crippen molar-refractivity contribution in [2.24, 2.45) is 5.92 Å². The first kappa shape index (κ1) is 16.8. The summed E-state index contributed by atoms with van der Waals surface area (Å²) in [6.45, 7) is -0.412. The van der Waals surface area contributed by atoms with E-state index < -0.39 is 28.3 Å². The van der Waals surface area contributed by atoms with E-state index in [4.69, 9.17) is 16.3 Å². The van der Waals surface area contributed by atoms with Gasteiger partial charge in [0.25, 0.3) is 5.91 Å². The maximum Gasteiger partial charge on any atom is 0.306 e. The van der Waals surface area contributed by atoms with Gasteiger partial charge >= 0.3 is 5.97 Å². The highest BCUT2D eigenvalue weighted by Crippen LogP contribution is 2.21. The molecule has 1 aromatic rings. The van der Waals surface area contributed by atoms with Gasteiger partial charge in [-0.3, -0.25) is 9.59 Å². The molecule has 1 atom stereocenters. The van der Waals surface area contributed by atoms with Gasteiger partial charge in [-0.25, -0.2) is 8.42 Å². The molecule has 1 aliphatic rings. The first-order valence-corrected chi connectivity index (χ1v) is 8.95.